The van der Waals surface area contributed by atoms with Gasteiger partial charge in [0.25, 0.3) is 0 Å². The number of hydrogen-bond donors (Lipinski definition) is 2. The van der Waals surface area contributed by atoms with Gasteiger partial charge in [0, 0.05) is 12.2 Å². The third-order valence-electron chi connectivity index (χ3n) is 2.97. The molecule has 2 amide bonds. The number of hydrogen-bond acceptors (Lipinski definition) is 2. The van der Waals surface area contributed by atoms with Gasteiger partial charge in [0.05, 0.1) is 4.47 Å². The number of likely N-dealkylation sites (tertiary alicyclic amines) is 1. The number of nitrogens with zero attached hydrogens (tertiary/aromatic N) is 1. The second-order valence-corrected chi connectivity index (χ2v) is 5.10. The fourth-order valence-corrected chi connectivity index (χ4v) is 2.28. The van der Waals surface area contributed by atoms with Crippen molar-refractivity contribution in [3.63, 3.8) is 0 Å². The molecule has 2 N–H and O–H groups in total. The summed E-state index contributed by atoms with van der Waals surface area (Å²) in [5.41, 5.74) is 0.293. The first-order valence-electron chi connectivity index (χ1n) is 5.74. The maximum absolute atomic E-state index is 13.3. The second-order valence-electron chi connectivity index (χ2n) is 4.25. The van der Waals surface area contributed by atoms with Gasteiger partial charge in [-0.15, -0.1) is 0 Å². The van der Waals surface area contributed by atoms with E-state index >= 15 is 0 Å². The zero-order valence-corrected chi connectivity index (χ0v) is 11.5. The van der Waals surface area contributed by atoms with E-state index in [9.17, 15) is 14.0 Å². The Kier molecular flexibility index (Phi) is 4.04. The minimum Gasteiger partial charge on any atom is -0.480 e. The molecule has 1 aromatic carbocycles. The molecule has 1 aliphatic heterocycles. The number of carboxylic acid groups (broad SMARTS) is 1. The normalized spacial score (nSPS) is 18.4. The maximum Gasteiger partial charge on any atom is 0.326 e. The van der Waals surface area contributed by atoms with Gasteiger partial charge in [-0.05, 0) is 47.0 Å². The lowest BCUT2D eigenvalue weighted by Crippen LogP contribution is -2.42. The molecule has 19 heavy (non-hydrogen) atoms. The van der Waals surface area contributed by atoms with E-state index in [1.807, 2.05) is 0 Å². The number of amides is 2. The van der Waals surface area contributed by atoms with Crippen molar-refractivity contribution < 1.29 is 19.1 Å². The number of anilines is 1. The van der Waals surface area contributed by atoms with E-state index in [4.69, 9.17) is 5.11 Å². The SMILES string of the molecule is O=C(O)C1CCCN1C(=O)Nc1ccc(Br)c(F)c1. The van der Waals surface area contributed by atoms with Crippen LogP contribution in [-0.4, -0.2) is 34.6 Å². The van der Waals surface area contributed by atoms with E-state index in [1.54, 1.807) is 0 Å². The van der Waals surface area contributed by atoms with E-state index in [0.717, 1.165) is 0 Å². The standard InChI is InChI=1S/C12H12BrFN2O3/c13-8-4-3-7(6-9(8)14)15-12(19)16-5-1-2-10(16)11(17)18/h3-4,6,10H,1-2,5H2,(H,15,19)(H,17,18). The summed E-state index contributed by atoms with van der Waals surface area (Å²) in [5, 5.41) is 11.5. The average molecular weight is 331 g/mol. The molecule has 1 aromatic rings. The number of halogens is 2. The zero-order valence-electron chi connectivity index (χ0n) is 9.90. The topological polar surface area (TPSA) is 69.6 Å². The average Bonchev–Trinajstić information content (AvgIpc) is 2.83. The van der Waals surface area contributed by atoms with E-state index in [-0.39, 0.29) is 0 Å². The molecule has 1 heterocycles. The van der Waals surface area contributed by atoms with Crippen LogP contribution in [0.3, 0.4) is 0 Å². The number of carboxylic acids is 1. The van der Waals surface area contributed by atoms with Crippen LogP contribution >= 0.6 is 15.9 Å². The molecule has 1 saturated heterocycles. The highest BCUT2D eigenvalue weighted by atomic mass is 79.9. The predicted molar refractivity (Wildman–Crippen MR) is 70.5 cm³/mol. The number of urea groups is 1. The molecule has 7 heteroatoms. The van der Waals surface area contributed by atoms with Crippen LogP contribution in [0, 0.1) is 5.82 Å². The van der Waals surface area contributed by atoms with E-state index in [2.05, 4.69) is 21.2 Å². The number of aliphatic carboxylic acids is 1. The van der Waals surface area contributed by atoms with Crippen molar-refractivity contribution in [3.8, 4) is 0 Å². The fraction of sp³-hybridized carbons (Fsp3) is 0.333. The van der Waals surface area contributed by atoms with E-state index < -0.39 is 23.9 Å². The first-order valence-corrected chi connectivity index (χ1v) is 6.54. The highest BCUT2D eigenvalue weighted by Gasteiger charge is 2.33. The molecule has 0 saturated carbocycles. The minimum atomic E-state index is -1.02. The number of carbonyl (C=O) groups is 2. The Hall–Kier alpha value is -1.63. The van der Waals surface area contributed by atoms with Gasteiger partial charge < -0.3 is 15.3 Å². The van der Waals surface area contributed by atoms with Gasteiger partial charge in [0.15, 0.2) is 0 Å². The summed E-state index contributed by atoms with van der Waals surface area (Å²) in [7, 11) is 0. The van der Waals surface area contributed by atoms with Gasteiger partial charge in [-0.25, -0.2) is 14.0 Å². The van der Waals surface area contributed by atoms with Crippen molar-refractivity contribution in [1.82, 2.24) is 4.90 Å². The van der Waals surface area contributed by atoms with Crippen LogP contribution in [0.15, 0.2) is 22.7 Å². The number of nitrogens with one attached hydrogen (secondary N) is 1. The van der Waals surface area contributed by atoms with Gasteiger partial charge in [0.2, 0.25) is 0 Å². The van der Waals surface area contributed by atoms with Gasteiger partial charge in [-0.2, -0.15) is 0 Å². The first kappa shape index (κ1) is 13.8. The molecule has 0 bridgehead atoms. The number of rotatable bonds is 2. The predicted octanol–water partition coefficient (Wildman–Crippen LogP) is 2.67. The maximum atomic E-state index is 13.3. The molecule has 1 aliphatic rings. The first-order chi connectivity index (χ1) is 8.99. The van der Waals surface area contributed by atoms with Crippen LogP contribution in [0.4, 0.5) is 14.9 Å². The van der Waals surface area contributed by atoms with Crippen LogP contribution < -0.4 is 5.32 Å². The molecule has 0 radical (unpaired) electrons. The molecule has 1 atom stereocenters. The Labute approximate surface area is 117 Å². The summed E-state index contributed by atoms with van der Waals surface area (Å²) >= 11 is 3.01. The molecule has 0 aliphatic carbocycles. The summed E-state index contributed by atoms with van der Waals surface area (Å²) in [6, 6.07) is 2.86. The fourth-order valence-electron chi connectivity index (χ4n) is 2.04. The Morgan fingerprint density at radius 1 is 1.47 bits per heavy atom. The summed E-state index contributed by atoms with van der Waals surface area (Å²) in [5.74, 6) is -1.51. The van der Waals surface area contributed by atoms with Crippen molar-refractivity contribution >= 4 is 33.6 Å². The summed E-state index contributed by atoms with van der Waals surface area (Å²) in [6.07, 6.45) is 1.09. The van der Waals surface area contributed by atoms with Gasteiger partial charge in [0.1, 0.15) is 11.9 Å². The highest BCUT2D eigenvalue weighted by molar-refractivity contribution is 9.10. The Bertz CT molecular complexity index is 524. The highest BCUT2D eigenvalue weighted by Crippen LogP contribution is 2.22. The summed E-state index contributed by atoms with van der Waals surface area (Å²) in [6.45, 7) is 0.391. The molecular formula is C12H12BrFN2O3. The number of carbonyl (C=O) groups excluding carboxylic acids is 1. The van der Waals surface area contributed by atoms with Crippen molar-refractivity contribution in [2.75, 3.05) is 11.9 Å². The Morgan fingerprint density at radius 2 is 2.21 bits per heavy atom. The van der Waals surface area contributed by atoms with Crippen molar-refractivity contribution in [2.45, 2.75) is 18.9 Å². The molecular weight excluding hydrogens is 319 g/mol. The van der Waals surface area contributed by atoms with Crippen molar-refractivity contribution in [2.24, 2.45) is 0 Å². The Morgan fingerprint density at radius 3 is 2.84 bits per heavy atom. The molecule has 102 valence electrons. The van der Waals surface area contributed by atoms with Crippen molar-refractivity contribution in [1.29, 1.82) is 0 Å². The van der Waals surface area contributed by atoms with Gasteiger partial charge >= 0.3 is 12.0 Å². The van der Waals surface area contributed by atoms with Crippen LogP contribution in [0.2, 0.25) is 0 Å². The van der Waals surface area contributed by atoms with E-state index in [0.29, 0.717) is 29.5 Å². The van der Waals surface area contributed by atoms with Crippen LogP contribution in [0.5, 0.6) is 0 Å². The molecule has 2 rings (SSSR count). The quantitative estimate of drug-likeness (QED) is 0.875. The monoisotopic (exact) mass is 330 g/mol. The van der Waals surface area contributed by atoms with E-state index in [1.165, 1.54) is 23.1 Å². The van der Waals surface area contributed by atoms with Gasteiger partial charge in [-0.3, -0.25) is 0 Å². The van der Waals surface area contributed by atoms with Crippen molar-refractivity contribution in [3.05, 3.63) is 28.5 Å². The minimum absolute atomic E-state index is 0.293. The number of benzene rings is 1. The third-order valence-corrected chi connectivity index (χ3v) is 3.61. The third kappa shape index (κ3) is 3.04. The van der Waals surface area contributed by atoms with Crippen LogP contribution in [0.25, 0.3) is 0 Å². The lowest BCUT2D eigenvalue weighted by atomic mass is 10.2. The summed E-state index contributed by atoms with van der Waals surface area (Å²) < 4.78 is 13.6. The lowest BCUT2D eigenvalue weighted by molar-refractivity contribution is -0.141. The lowest BCUT2D eigenvalue weighted by Gasteiger charge is -2.21. The molecule has 5 nitrogen and oxygen atoms in total. The molecule has 1 fully saturated rings. The van der Waals surface area contributed by atoms with Crippen LogP contribution in [0.1, 0.15) is 12.8 Å². The summed E-state index contributed by atoms with van der Waals surface area (Å²) in [4.78, 5) is 24.2. The van der Waals surface area contributed by atoms with Gasteiger partial charge in [-0.1, -0.05) is 0 Å². The molecule has 1 unspecified atom stereocenters. The molecule has 0 aromatic heterocycles. The second kappa shape index (κ2) is 5.56. The zero-order chi connectivity index (χ0) is 14.0. The smallest absolute Gasteiger partial charge is 0.326 e. The van der Waals surface area contributed by atoms with Crippen LogP contribution in [-0.2, 0) is 4.79 Å². The Balaban J connectivity index is 2.08. The largest absolute Gasteiger partial charge is 0.480 e. The molecule has 0 spiro atoms.